The van der Waals surface area contributed by atoms with Crippen LogP contribution in [0.4, 0.5) is 10.1 Å². The zero-order chi connectivity index (χ0) is 12.8. The molecule has 0 aromatic heterocycles. The maximum atomic E-state index is 13.7. The summed E-state index contributed by atoms with van der Waals surface area (Å²) in [7, 11) is 0. The van der Waals surface area contributed by atoms with Gasteiger partial charge in [-0.15, -0.1) is 0 Å². The van der Waals surface area contributed by atoms with E-state index < -0.39 is 5.82 Å². The largest absolute Gasteiger partial charge is 0.486 e. The Bertz CT molecular complexity index is 580. The van der Waals surface area contributed by atoms with Gasteiger partial charge in [-0.05, 0) is 23.2 Å². The van der Waals surface area contributed by atoms with Gasteiger partial charge < -0.3 is 4.74 Å². The van der Waals surface area contributed by atoms with Gasteiger partial charge in [-0.1, -0.05) is 41.5 Å². The van der Waals surface area contributed by atoms with Gasteiger partial charge in [0.05, 0.1) is 5.69 Å². The van der Waals surface area contributed by atoms with Gasteiger partial charge in [-0.2, -0.15) is 0 Å². The molecule has 0 saturated carbocycles. The summed E-state index contributed by atoms with van der Waals surface area (Å²) in [6.07, 6.45) is 0. The van der Waals surface area contributed by atoms with E-state index in [9.17, 15) is 4.39 Å². The quantitative estimate of drug-likeness (QED) is 0.451. The van der Waals surface area contributed by atoms with E-state index in [0.717, 1.165) is 5.56 Å². The van der Waals surface area contributed by atoms with E-state index in [0.29, 0.717) is 0 Å². The first-order valence-corrected chi connectivity index (χ1v) is 5.23. The van der Waals surface area contributed by atoms with Crippen LogP contribution >= 0.6 is 0 Å². The first kappa shape index (κ1) is 12.0. The SMILES string of the molecule is [N-]=[N+]=Nc1[c]ccc(OCc2ccccc2)c1F. The van der Waals surface area contributed by atoms with Crippen molar-refractivity contribution in [3.63, 3.8) is 0 Å². The zero-order valence-corrected chi connectivity index (χ0v) is 9.38. The van der Waals surface area contributed by atoms with Gasteiger partial charge in [0.2, 0.25) is 0 Å². The summed E-state index contributed by atoms with van der Waals surface area (Å²) >= 11 is 0. The Labute approximate surface area is 103 Å². The number of hydrogen-bond acceptors (Lipinski definition) is 2. The summed E-state index contributed by atoms with van der Waals surface area (Å²) in [4.78, 5) is 2.52. The van der Waals surface area contributed by atoms with E-state index >= 15 is 0 Å². The monoisotopic (exact) mass is 242 g/mol. The van der Waals surface area contributed by atoms with Gasteiger partial charge in [0.1, 0.15) is 6.61 Å². The highest BCUT2D eigenvalue weighted by molar-refractivity contribution is 5.44. The number of nitrogens with zero attached hydrogens (tertiary/aromatic N) is 3. The lowest BCUT2D eigenvalue weighted by molar-refractivity contribution is 0.290. The Morgan fingerprint density at radius 2 is 2.06 bits per heavy atom. The lowest BCUT2D eigenvalue weighted by Crippen LogP contribution is -1.97. The fraction of sp³-hybridized carbons (Fsp3) is 0.0769. The van der Waals surface area contributed by atoms with Crippen LogP contribution in [0.1, 0.15) is 5.56 Å². The van der Waals surface area contributed by atoms with Crippen LogP contribution in [0.5, 0.6) is 5.75 Å². The molecule has 0 bridgehead atoms. The molecule has 18 heavy (non-hydrogen) atoms. The fourth-order valence-electron chi connectivity index (χ4n) is 1.41. The second kappa shape index (κ2) is 5.70. The van der Waals surface area contributed by atoms with Crippen LogP contribution in [0.25, 0.3) is 10.4 Å². The molecule has 1 radical (unpaired) electrons. The molecule has 2 aromatic rings. The third-order valence-electron chi connectivity index (χ3n) is 2.26. The molecule has 2 rings (SSSR count). The summed E-state index contributed by atoms with van der Waals surface area (Å²) in [5, 5.41) is 3.19. The van der Waals surface area contributed by atoms with Crippen LogP contribution in [0.2, 0.25) is 0 Å². The van der Waals surface area contributed by atoms with Crippen molar-refractivity contribution >= 4 is 5.69 Å². The number of hydrogen-bond donors (Lipinski definition) is 0. The Kier molecular flexibility index (Phi) is 3.79. The molecule has 0 N–H and O–H groups in total. The van der Waals surface area contributed by atoms with E-state index in [1.165, 1.54) is 12.1 Å². The van der Waals surface area contributed by atoms with Crippen molar-refractivity contribution in [2.75, 3.05) is 0 Å². The van der Waals surface area contributed by atoms with Gasteiger partial charge in [0.15, 0.2) is 11.6 Å². The van der Waals surface area contributed by atoms with Crippen molar-refractivity contribution in [3.05, 3.63) is 70.4 Å². The summed E-state index contributed by atoms with van der Waals surface area (Å²) in [5.41, 5.74) is 9.01. The molecule has 0 fully saturated rings. The van der Waals surface area contributed by atoms with E-state index in [-0.39, 0.29) is 18.0 Å². The van der Waals surface area contributed by atoms with Crippen molar-refractivity contribution < 1.29 is 9.13 Å². The Morgan fingerprint density at radius 3 is 2.78 bits per heavy atom. The van der Waals surface area contributed by atoms with Gasteiger partial charge in [0.25, 0.3) is 0 Å². The smallest absolute Gasteiger partial charge is 0.175 e. The molecular weight excluding hydrogens is 233 g/mol. The topological polar surface area (TPSA) is 58.0 Å². The van der Waals surface area contributed by atoms with E-state index in [1.807, 2.05) is 30.3 Å². The second-order valence-electron chi connectivity index (χ2n) is 3.47. The molecule has 4 nitrogen and oxygen atoms in total. The van der Waals surface area contributed by atoms with E-state index in [1.54, 1.807) is 0 Å². The predicted molar refractivity (Wildman–Crippen MR) is 64.8 cm³/mol. The molecule has 0 amide bonds. The molecular formula is C13H9FN3O. The molecule has 0 atom stereocenters. The van der Waals surface area contributed by atoms with Crippen LogP contribution < -0.4 is 4.74 Å². The third-order valence-corrected chi connectivity index (χ3v) is 2.26. The fourth-order valence-corrected chi connectivity index (χ4v) is 1.41. The summed E-state index contributed by atoms with van der Waals surface area (Å²) in [5.74, 6) is -0.661. The first-order valence-electron chi connectivity index (χ1n) is 5.23. The van der Waals surface area contributed by atoms with Crippen LogP contribution in [0, 0.1) is 11.9 Å². The normalized spacial score (nSPS) is 9.61. The summed E-state index contributed by atoms with van der Waals surface area (Å²) in [6.45, 7) is 0.248. The second-order valence-corrected chi connectivity index (χ2v) is 3.47. The highest BCUT2D eigenvalue weighted by atomic mass is 19.1. The molecule has 0 unspecified atom stereocenters. The molecule has 2 aromatic carbocycles. The average Bonchev–Trinajstić information content (AvgIpc) is 2.41. The van der Waals surface area contributed by atoms with Crippen LogP contribution in [0.15, 0.2) is 47.6 Å². The molecule has 0 aliphatic rings. The highest BCUT2D eigenvalue weighted by Gasteiger charge is 2.08. The Morgan fingerprint density at radius 1 is 1.28 bits per heavy atom. The minimum Gasteiger partial charge on any atom is -0.486 e. The first-order chi connectivity index (χ1) is 8.81. The van der Waals surface area contributed by atoms with Crippen LogP contribution in [-0.4, -0.2) is 0 Å². The van der Waals surface area contributed by atoms with E-state index in [4.69, 9.17) is 10.3 Å². The van der Waals surface area contributed by atoms with Crippen molar-refractivity contribution in [3.8, 4) is 5.75 Å². The molecule has 0 heterocycles. The van der Waals surface area contributed by atoms with Crippen molar-refractivity contribution in [2.45, 2.75) is 6.61 Å². The third kappa shape index (κ3) is 2.78. The summed E-state index contributed by atoms with van der Waals surface area (Å²) < 4.78 is 19.1. The van der Waals surface area contributed by atoms with E-state index in [2.05, 4.69) is 16.1 Å². The molecule has 0 spiro atoms. The Hall–Kier alpha value is -2.52. The number of azide groups is 1. The summed E-state index contributed by atoms with van der Waals surface area (Å²) in [6, 6.07) is 14.8. The number of benzene rings is 2. The van der Waals surface area contributed by atoms with Gasteiger partial charge in [0, 0.05) is 4.91 Å². The minimum absolute atomic E-state index is 0.0417. The predicted octanol–water partition coefficient (Wildman–Crippen LogP) is 4.15. The van der Waals surface area contributed by atoms with Crippen LogP contribution in [0.3, 0.4) is 0 Å². The number of ether oxygens (including phenoxy) is 1. The zero-order valence-electron chi connectivity index (χ0n) is 9.38. The maximum absolute atomic E-state index is 13.7. The van der Waals surface area contributed by atoms with Crippen molar-refractivity contribution in [2.24, 2.45) is 5.11 Å². The van der Waals surface area contributed by atoms with Crippen molar-refractivity contribution in [1.82, 2.24) is 0 Å². The highest BCUT2D eigenvalue weighted by Crippen LogP contribution is 2.26. The molecule has 5 heteroatoms. The van der Waals surface area contributed by atoms with Gasteiger partial charge >= 0.3 is 0 Å². The number of rotatable bonds is 4. The lowest BCUT2D eigenvalue weighted by atomic mass is 10.2. The molecule has 0 aliphatic heterocycles. The minimum atomic E-state index is -0.703. The van der Waals surface area contributed by atoms with Gasteiger partial charge in [-0.3, -0.25) is 0 Å². The lowest BCUT2D eigenvalue weighted by Gasteiger charge is -2.07. The number of halogens is 1. The maximum Gasteiger partial charge on any atom is 0.175 e. The van der Waals surface area contributed by atoms with Crippen molar-refractivity contribution in [1.29, 1.82) is 0 Å². The average molecular weight is 242 g/mol. The standard InChI is InChI=1S/C13H9FN3O/c14-13-11(16-17-15)7-4-8-12(13)18-9-10-5-2-1-3-6-10/h1-6,8H,9H2. The molecule has 0 saturated heterocycles. The van der Waals surface area contributed by atoms with Crippen LogP contribution in [-0.2, 0) is 6.61 Å². The molecule has 0 aliphatic carbocycles. The Balaban J connectivity index is 2.15. The van der Waals surface area contributed by atoms with Gasteiger partial charge in [-0.25, -0.2) is 4.39 Å². The molecule has 89 valence electrons.